The number of hydrogen-bond donors (Lipinski definition) is 1. The van der Waals surface area contributed by atoms with Gasteiger partial charge in [-0.25, -0.2) is 5.01 Å². The lowest BCUT2D eigenvalue weighted by molar-refractivity contribution is 0.0942. The van der Waals surface area contributed by atoms with Crippen molar-refractivity contribution in [3.63, 3.8) is 0 Å². The van der Waals surface area contributed by atoms with Crippen molar-refractivity contribution in [2.24, 2.45) is 11.8 Å². The monoisotopic (exact) mass is 170 g/mol. The topological polar surface area (TPSA) is 38.5 Å². The number of ether oxygens (including phenoxy) is 1. The normalized spacial score (nSPS) is 38.8. The first-order valence-electron chi connectivity index (χ1n) is 4.97. The first-order chi connectivity index (χ1) is 5.88. The van der Waals surface area contributed by atoms with Crippen LogP contribution in [-0.2, 0) is 4.74 Å². The van der Waals surface area contributed by atoms with Gasteiger partial charge in [0.2, 0.25) is 0 Å². The number of nitrogens with two attached hydrogens (primary N) is 1. The Hall–Kier alpha value is -0.120. The van der Waals surface area contributed by atoms with Gasteiger partial charge < -0.3 is 4.74 Å². The Balaban J connectivity index is 2.01. The van der Waals surface area contributed by atoms with E-state index in [-0.39, 0.29) is 0 Å². The SMILES string of the molecule is NN1CCOC[C@@H]2CCCC[C@H]21. The maximum absolute atomic E-state index is 5.94. The van der Waals surface area contributed by atoms with Crippen LogP contribution in [0.25, 0.3) is 0 Å². The zero-order valence-electron chi connectivity index (χ0n) is 7.54. The summed E-state index contributed by atoms with van der Waals surface area (Å²) in [7, 11) is 0. The zero-order valence-corrected chi connectivity index (χ0v) is 7.54. The average Bonchev–Trinajstić information content (AvgIpc) is 2.29. The molecule has 1 aliphatic heterocycles. The van der Waals surface area contributed by atoms with Crippen molar-refractivity contribution in [3.8, 4) is 0 Å². The van der Waals surface area contributed by atoms with Gasteiger partial charge in [0, 0.05) is 12.6 Å². The third-order valence-corrected chi connectivity index (χ3v) is 3.12. The molecule has 1 saturated carbocycles. The van der Waals surface area contributed by atoms with E-state index in [2.05, 4.69) is 0 Å². The fourth-order valence-corrected chi connectivity index (χ4v) is 2.39. The Kier molecular flexibility index (Phi) is 2.63. The maximum Gasteiger partial charge on any atom is 0.0607 e. The fourth-order valence-electron chi connectivity index (χ4n) is 2.39. The summed E-state index contributed by atoms with van der Waals surface area (Å²) in [6.07, 6.45) is 5.27. The number of hydrogen-bond acceptors (Lipinski definition) is 3. The van der Waals surface area contributed by atoms with Gasteiger partial charge >= 0.3 is 0 Å². The smallest absolute Gasteiger partial charge is 0.0607 e. The van der Waals surface area contributed by atoms with Crippen LogP contribution in [0.3, 0.4) is 0 Å². The third-order valence-electron chi connectivity index (χ3n) is 3.12. The van der Waals surface area contributed by atoms with Crippen LogP contribution in [0.4, 0.5) is 0 Å². The van der Waals surface area contributed by atoms with E-state index < -0.39 is 0 Å². The van der Waals surface area contributed by atoms with E-state index >= 15 is 0 Å². The molecule has 2 fully saturated rings. The minimum atomic E-state index is 0.598. The standard InChI is InChI=1S/C9H18N2O/c10-11-5-6-12-7-8-3-1-2-4-9(8)11/h8-9H,1-7,10H2/t8-,9+/m0/s1. The molecule has 2 atom stereocenters. The van der Waals surface area contributed by atoms with E-state index in [4.69, 9.17) is 10.6 Å². The molecule has 1 aliphatic carbocycles. The molecule has 0 spiro atoms. The van der Waals surface area contributed by atoms with Crippen LogP contribution in [0.5, 0.6) is 0 Å². The van der Waals surface area contributed by atoms with Gasteiger partial charge in [0.05, 0.1) is 13.2 Å². The molecule has 12 heavy (non-hydrogen) atoms. The average molecular weight is 170 g/mol. The Labute approximate surface area is 73.8 Å². The summed E-state index contributed by atoms with van der Waals surface area (Å²) in [5.41, 5.74) is 0. The van der Waals surface area contributed by atoms with Crippen molar-refractivity contribution < 1.29 is 4.74 Å². The van der Waals surface area contributed by atoms with Crippen LogP contribution in [0.2, 0.25) is 0 Å². The van der Waals surface area contributed by atoms with Gasteiger partial charge in [-0.05, 0) is 18.8 Å². The highest BCUT2D eigenvalue weighted by molar-refractivity contribution is 4.82. The molecule has 0 radical (unpaired) electrons. The van der Waals surface area contributed by atoms with Crippen molar-refractivity contribution in [1.29, 1.82) is 0 Å². The number of fused-ring (bicyclic) bond motifs is 1. The lowest BCUT2D eigenvalue weighted by Gasteiger charge is -2.34. The highest BCUT2D eigenvalue weighted by Crippen LogP contribution is 2.28. The molecule has 70 valence electrons. The first kappa shape index (κ1) is 8.48. The molecule has 0 bridgehead atoms. The van der Waals surface area contributed by atoms with Crippen molar-refractivity contribution in [1.82, 2.24) is 5.01 Å². The van der Waals surface area contributed by atoms with Gasteiger partial charge in [0.1, 0.15) is 0 Å². The summed E-state index contributed by atoms with van der Waals surface area (Å²) in [5, 5.41) is 2.00. The van der Waals surface area contributed by atoms with Crippen LogP contribution < -0.4 is 5.84 Å². The van der Waals surface area contributed by atoms with Gasteiger partial charge in [0.25, 0.3) is 0 Å². The van der Waals surface area contributed by atoms with E-state index in [1.165, 1.54) is 25.7 Å². The Morgan fingerprint density at radius 2 is 2.08 bits per heavy atom. The summed E-state index contributed by atoms with van der Waals surface area (Å²) < 4.78 is 5.51. The second-order valence-electron chi connectivity index (χ2n) is 3.92. The van der Waals surface area contributed by atoms with E-state index in [0.717, 1.165) is 19.8 Å². The molecule has 0 unspecified atom stereocenters. The van der Waals surface area contributed by atoms with Crippen molar-refractivity contribution in [3.05, 3.63) is 0 Å². The Morgan fingerprint density at radius 3 is 3.00 bits per heavy atom. The second-order valence-corrected chi connectivity index (χ2v) is 3.92. The number of hydrazine groups is 1. The molecule has 0 amide bonds. The molecule has 0 aromatic heterocycles. The van der Waals surface area contributed by atoms with Crippen molar-refractivity contribution in [2.45, 2.75) is 31.7 Å². The highest BCUT2D eigenvalue weighted by Gasteiger charge is 2.30. The summed E-state index contributed by atoms with van der Waals surface area (Å²) in [5.74, 6) is 6.64. The summed E-state index contributed by atoms with van der Waals surface area (Å²) >= 11 is 0. The van der Waals surface area contributed by atoms with Crippen LogP contribution in [-0.4, -0.2) is 30.8 Å². The van der Waals surface area contributed by atoms with Crippen molar-refractivity contribution in [2.75, 3.05) is 19.8 Å². The van der Waals surface area contributed by atoms with Gasteiger partial charge in [-0.15, -0.1) is 0 Å². The lowest BCUT2D eigenvalue weighted by atomic mass is 9.85. The molecular formula is C9H18N2O. The Bertz CT molecular complexity index is 151. The Morgan fingerprint density at radius 1 is 1.25 bits per heavy atom. The quantitative estimate of drug-likeness (QED) is 0.545. The molecule has 3 heteroatoms. The third kappa shape index (κ3) is 1.63. The molecule has 2 rings (SSSR count). The molecule has 1 heterocycles. The van der Waals surface area contributed by atoms with E-state index in [1.807, 2.05) is 5.01 Å². The molecule has 3 nitrogen and oxygen atoms in total. The predicted octanol–water partition coefficient (Wildman–Crippen LogP) is 0.751. The molecule has 2 aliphatic rings. The van der Waals surface area contributed by atoms with Crippen LogP contribution in [0, 0.1) is 5.92 Å². The van der Waals surface area contributed by atoms with E-state index in [9.17, 15) is 0 Å². The minimum Gasteiger partial charge on any atom is -0.380 e. The lowest BCUT2D eigenvalue weighted by Crippen LogP contribution is -2.46. The van der Waals surface area contributed by atoms with E-state index in [1.54, 1.807) is 0 Å². The van der Waals surface area contributed by atoms with Gasteiger partial charge in [0.15, 0.2) is 0 Å². The van der Waals surface area contributed by atoms with Crippen LogP contribution in [0.1, 0.15) is 25.7 Å². The predicted molar refractivity (Wildman–Crippen MR) is 47.5 cm³/mol. The van der Waals surface area contributed by atoms with Gasteiger partial charge in [-0.2, -0.15) is 0 Å². The molecule has 0 aromatic rings. The number of rotatable bonds is 0. The van der Waals surface area contributed by atoms with Crippen LogP contribution >= 0.6 is 0 Å². The number of nitrogens with zero attached hydrogens (tertiary/aromatic N) is 1. The molecule has 0 aromatic carbocycles. The maximum atomic E-state index is 5.94. The minimum absolute atomic E-state index is 0.598. The summed E-state index contributed by atoms with van der Waals surface area (Å²) in [4.78, 5) is 0. The summed E-state index contributed by atoms with van der Waals surface area (Å²) in [6, 6.07) is 0.598. The van der Waals surface area contributed by atoms with Gasteiger partial charge in [-0.3, -0.25) is 5.84 Å². The van der Waals surface area contributed by atoms with E-state index in [0.29, 0.717) is 12.0 Å². The van der Waals surface area contributed by atoms with Crippen molar-refractivity contribution >= 4 is 0 Å². The van der Waals surface area contributed by atoms with Gasteiger partial charge in [-0.1, -0.05) is 12.8 Å². The molecule has 1 saturated heterocycles. The largest absolute Gasteiger partial charge is 0.380 e. The highest BCUT2D eigenvalue weighted by atomic mass is 16.5. The molecular weight excluding hydrogens is 152 g/mol. The molecule has 2 N–H and O–H groups in total. The zero-order chi connectivity index (χ0) is 8.39. The second kappa shape index (κ2) is 3.73. The van der Waals surface area contributed by atoms with Crippen LogP contribution in [0.15, 0.2) is 0 Å². The fraction of sp³-hybridized carbons (Fsp3) is 1.00. The first-order valence-corrected chi connectivity index (χ1v) is 4.97. The summed E-state index contributed by atoms with van der Waals surface area (Å²) in [6.45, 7) is 2.64.